The van der Waals surface area contributed by atoms with Crippen LogP contribution in [0.4, 0.5) is 0 Å². The van der Waals surface area contributed by atoms with Gasteiger partial charge in [0.15, 0.2) is 5.69 Å². The van der Waals surface area contributed by atoms with Crippen molar-refractivity contribution in [3.8, 4) is 0 Å². The fourth-order valence-electron chi connectivity index (χ4n) is 2.73. The van der Waals surface area contributed by atoms with Gasteiger partial charge in [-0.3, -0.25) is 9.59 Å². The average Bonchev–Trinajstić information content (AvgIpc) is 3.07. The van der Waals surface area contributed by atoms with Crippen LogP contribution in [0.2, 0.25) is 0 Å². The highest BCUT2D eigenvalue weighted by Crippen LogP contribution is 2.21. The summed E-state index contributed by atoms with van der Waals surface area (Å²) in [5, 5.41) is 10.9. The van der Waals surface area contributed by atoms with E-state index in [1.165, 1.54) is 0 Å². The molecule has 1 atom stereocenters. The van der Waals surface area contributed by atoms with Gasteiger partial charge in [0.2, 0.25) is 5.91 Å². The third-order valence-corrected chi connectivity index (χ3v) is 4.10. The minimum atomic E-state index is -0.204. The van der Waals surface area contributed by atoms with E-state index in [1.807, 2.05) is 18.7 Å². The smallest absolute Gasteiger partial charge is 0.273 e. The van der Waals surface area contributed by atoms with Crippen LogP contribution in [0.25, 0.3) is 0 Å². The molecule has 0 aliphatic carbocycles. The Bertz CT molecular complexity index is 581. The first-order valence-corrected chi connectivity index (χ1v) is 8.60. The zero-order chi connectivity index (χ0) is 17.5. The highest BCUT2D eigenvalue weighted by atomic mass is 16.2. The first kappa shape index (κ1) is 18.2. The number of hydrogen-bond acceptors (Lipinski definition) is 4. The number of carbonyl (C=O) groups is 2. The molecular weight excluding hydrogens is 306 g/mol. The van der Waals surface area contributed by atoms with Gasteiger partial charge in [-0.15, -0.1) is 11.7 Å². The maximum Gasteiger partial charge on any atom is 0.273 e. The molecule has 7 heteroatoms. The van der Waals surface area contributed by atoms with E-state index >= 15 is 0 Å². The summed E-state index contributed by atoms with van der Waals surface area (Å²) in [6, 6.07) is 0.0746. The number of carbonyl (C=O) groups excluding carboxylic acids is 2. The molecule has 132 valence electrons. The molecule has 2 rings (SSSR count). The molecule has 7 nitrogen and oxygen atoms in total. The van der Waals surface area contributed by atoms with E-state index in [4.69, 9.17) is 0 Å². The van der Waals surface area contributed by atoms with E-state index in [-0.39, 0.29) is 17.9 Å². The molecule has 24 heavy (non-hydrogen) atoms. The maximum absolute atomic E-state index is 12.2. The molecule has 2 heterocycles. The maximum atomic E-state index is 12.2. The summed E-state index contributed by atoms with van der Waals surface area (Å²) in [6.45, 7) is 9.74. The van der Waals surface area contributed by atoms with Gasteiger partial charge in [-0.25, -0.2) is 4.68 Å². The normalized spacial score (nSPS) is 17.8. The van der Waals surface area contributed by atoms with E-state index in [0.717, 1.165) is 19.4 Å². The van der Waals surface area contributed by atoms with Gasteiger partial charge in [0, 0.05) is 26.1 Å². The number of piperidine rings is 1. The topological polar surface area (TPSA) is 80.1 Å². The van der Waals surface area contributed by atoms with Crippen LogP contribution >= 0.6 is 0 Å². The predicted octanol–water partition coefficient (Wildman–Crippen LogP) is 1.79. The summed E-state index contributed by atoms with van der Waals surface area (Å²) in [5.74, 6) is 0.330. The monoisotopic (exact) mass is 333 g/mol. The molecule has 1 aromatic rings. The molecule has 0 aromatic carbocycles. The number of allylic oxidation sites excluding steroid dienone is 1. The van der Waals surface area contributed by atoms with Crippen LogP contribution in [0.5, 0.6) is 0 Å². The van der Waals surface area contributed by atoms with Crippen molar-refractivity contribution in [3.05, 3.63) is 24.5 Å². The Morgan fingerprint density at radius 2 is 2.29 bits per heavy atom. The molecule has 0 saturated carbocycles. The Balaban J connectivity index is 1.95. The number of nitrogens with zero attached hydrogens (tertiary/aromatic N) is 4. The molecule has 0 radical (unpaired) electrons. The molecule has 1 N–H and O–H groups in total. The summed E-state index contributed by atoms with van der Waals surface area (Å²) in [4.78, 5) is 26.1. The second-order valence-electron chi connectivity index (χ2n) is 6.65. The van der Waals surface area contributed by atoms with Crippen molar-refractivity contribution in [1.29, 1.82) is 0 Å². The van der Waals surface area contributed by atoms with Gasteiger partial charge in [-0.1, -0.05) is 25.1 Å². The van der Waals surface area contributed by atoms with Gasteiger partial charge in [0.25, 0.3) is 5.91 Å². The van der Waals surface area contributed by atoms with E-state index in [1.54, 1.807) is 17.0 Å². The number of likely N-dealkylation sites (tertiary alicyclic amines) is 1. The zero-order valence-electron chi connectivity index (χ0n) is 14.6. The lowest BCUT2D eigenvalue weighted by Crippen LogP contribution is -2.40. The number of nitrogens with one attached hydrogen (secondary N) is 1. The summed E-state index contributed by atoms with van der Waals surface area (Å²) < 4.78 is 1.72. The van der Waals surface area contributed by atoms with Crippen molar-refractivity contribution in [2.45, 2.75) is 45.6 Å². The quantitative estimate of drug-likeness (QED) is 0.772. The van der Waals surface area contributed by atoms with E-state index in [9.17, 15) is 9.59 Å². The number of aromatic nitrogens is 3. The van der Waals surface area contributed by atoms with E-state index in [0.29, 0.717) is 37.5 Å². The lowest BCUT2D eigenvalue weighted by atomic mass is 10.1. The zero-order valence-corrected chi connectivity index (χ0v) is 14.6. The molecular formula is C17H27N5O2. The molecule has 1 saturated heterocycles. The Kier molecular flexibility index (Phi) is 6.52. The molecule has 1 aliphatic rings. The number of hydrogen-bond donors (Lipinski definition) is 1. The van der Waals surface area contributed by atoms with Crippen molar-refractivity contribution in [2.75, 3.05) is 19.6 Å². The molecule has 0 bridgehead atoms. The highest BCUT2D eigenvalue weighted by Gasteiger charge is 2.25. The number of rotatable bonds is 7. The van der Waals surface area contributed by atoms with Crippen molar-refractivity contribution in [2.24, 2.45) is 5.92 Å². The highest BCUT2D eigenvalue weighted by molar-refractivity contribution is 5.91. The van der Waals surface area contributed by atoms with E-state index < -0.39 is 0 Å². The molecule has 2 amide bonds. The molecule has 0 spiro atoms. The van der Waals surface area contributed by atoms with Crippen LogP contribution in [0.3, 0.4) is 0 Å². The molecule has 0 unspecified atom stereocenters. The standard InChI is InChI=1S/C17H27N5O2/c1-4-5-8-16(23)21-9-6-7-14(11-21)22-12-15(19-20-22)17(24)18-10-13(2)3/h4,12-14H,1,5-11H2,2-3H3,(H,18,24)/t14-/m1/s1. The van der Waals surface area contributed by atoms with Crippen molar-refractivity contribution in [1.82, 2.24) is 25.2 Å². The summed E-state index contributed by atoms with van der Waals surface area (Å²) in [5.41, 5.74) is 0.325. The predicted molar refractivity (Wildman–Crippen MR) is 91.5 cm³/mol. The van der Waals surface area contributed by atoms with Gasteiger partial charge in [0.05, 0.1) is 12.2 Å². The van der Waals surface area contributed by atoms with Gasteiger partial charge >= 0.3 is 0 Å². The summed E-state index contributed by atoms with van der Waals surface area (Å²) in [7, 11) is 0. The Labute approximate surface area is 143 Å². The summed E-state index contributed by atoms with van der Waals surface area (Å²) >= 11 is 0. The molecule has 1 aromatic heterocycles. The first-order valence-electron chi connectivity index (χ1n) is 8.60. The van der Waals surface area contributed by atoms with Crippen LogP contribution < -0.4 is 5.32 Å². The van der Waals surface area contributed by atoms with Gasteiger partial charge < -0.3 is 10.2 Å². The van der Waals surface area contributed by atoms with Crippen molar-refractivity contribution in [3.63, 3.8) is 0 Å². The van der Waals surface area contributed by atoms with Crippen molar-refractivity contribution < 1.29 is 9.59 Å². The SMILES string of the molecule is C=CCCC(=O)N1CCC[C@@H](n2cc(C(=O)NCC(C)C)nn2)C1. The van der Waals surface area contributed by atoms with Crippen molar-refractivity contribution >= 4 is 11.8 Å². The third kappa shape index (κ3) is 4.91. The van der Waals surface area contributed by atoms with Crippen LogP contribution in [-0.2, 0) is 4.79 Å². The van der Waals surface area contributed by atoms with Crippen LogP contribution in [0.15, 0.2) is 18.9 Å². The molecule has 1 fully saturated rings. The minimum Gasteiger partial charge on any atom is -0.350 e. The Morgan fingerprint density at radius 1 is 1.50 bits per heavy atom. The largest absolute Gasteiger partial charge is 0.350 e. The average molecular weight is 333 g/mol. The summed E-state index contributed by atoms with van der Waals surface area (Å²) in [6.07, 6.45) is 6.50. The van der Waals surface area contributed by atoms with Crippen LogP contribution in [0.1, 0.15) is 56.1 Å². The number of amides is 2. The van der Waals surface area contributed by atoms with Crippen LogP contribution in [0, 0.1) is 5.92 Å². The van der Waals surface area contributed by atoms with Gasteiger partial charge in [0.1, 0.15) is 0 Å². The Morgan fingerprint density at radius 3 is 3.00 bits per heavy atom. The van der Waals surface area contributed by atoms with Gasteiger partial charge in [-0.05, 0) is 25.2 Å². The fraction of sp³-hybridized carbons (Fsp3) is 0.647. The minimum absolute atomic E-state index is 0.0746. The van der Waals surface area contributed by atoms with E-state index in [2.05, 4.69) is 22.2 Å². The Hall–Kier alpha value is -2.18. The van der Waals surface area contributed by atoms with Gasteiger partial charge in [-0.2, -0.15) is 0 Å². The second kappa shape index (κ2) is 8.61. The third-order valence-electron chi connectivity index (χ3n) is 4.10. The lowest BCUT2D eigenvalue weighted by Gasteiger charge is -2.32. The first-order chi connectivity index (χ1) is 11.5. The lowest BCUT2D eigenvalue weighted by molar-refractivity contribution is -0.132. The second-order valence-corrected chi connectivity index (χ2v) is 6.65. The van der Waals surface area contributed by atoms with Crippen LogP contribution in [-0.4, -0.2) is 51.3 Å². The fourth-order valence-corrected chi connectivity index (χ4v) is 2.73. The molecule has 1 aliphatic heterocycles.